The number of nitrogens with one attached hydrogen (secondary N) is 1. The van der Waals surface area contributed by atoms with Crippen LogP contribution in [-0.4, -0.2) is 43.5 Å². The first kappa shape index (κ1) is 18.9. The van der Waals surface area contributed by atoms with Crippen molar-refractivity contribution in [3.8, 4) is 5.75 Å². The second kappa shape index (κ2) is 9.78. The molecule has 2 rings (SSSR count). The van der Waals surface area contributed by atoms with Gasteiger partial charge in [0.2, 0.25) is 5.91 Å². The summed E-state index contributed by atoms with van der Waals surface area (Å²) in [6, 6.07) is 9.38. The molecule has 0 bridgehead atoms. The van der Waals surface area contributed by atoms with E-state index in [0.29, 0.717) is 36.7 Å². The maximum atomic E-state index is 12.8. The lowest BCUT2D eigenvalue weighted by Gasteiger charge is -2.17. The Bertz CT molecular complexity index is 674. The van der Waals surface area contributed by atoms with Gasteiger partial charge in [0.15, 0.2) is 0 Å². The summed E-state index contributed by atoms with van der Waals surface area (Å²) in [6.07, 6.45) is 0.924. The van der Waals surface area contributed by atoms with Gasteiger partial charge in [-0.25, -0.2) is 4.39 Å². The number of hydrogen-bond acceptors (Lipinski definition) is 4. The molecule has 1 aromatic carbocycles. The molecule has 25 heavy (non-hydrogen) atoms. The maximum absolute atomic E-state index is 12.8. The Kier molecular flexibility index (Phi) is 7.40. The van der Waals surface area contributed by atoms with Crippen LogP contribution in [0.5, 0.6) is 5.75 Å². The molecule has 0 fully saturated rings. The second-order valence-corrected chi connectivity index (χ2v) is 6.40. The van der Waals surface area contributed by atoms with E-state index in [1.54, 1.807) is 30.1 Å². The summed E-state index contributed by atoms with van der Waals surface area (Å²) >= 11 is 1.37. The van der Waals surface area contributed by atoms with E-state index in [4.69, 9.17) is 4.74 Å². The fourth-order valence-corrected chi connectivity index (χ4v) is 2.76. The van der Waals surface area contributed by atoms with E-state index in [-0.39, 0.29) is 24.1 Å². The van der Waals surface area contributed by atoms with E-state index in [9.17, 15) is 14.0 Å². The van der Waals surface area contributed by atoms with Crippen LogP contribution >= 0.6 is 11.3 Å². The predicted molar refractivity (Wildman–Crippen MR) is 95.4 cm³/mol. The third-order valence-corrected chi connectivity index (χ3v) is 4.38. The number of carbonyl (C=O) groups is 2. The molecule has 0 radical (unpaired) electrons. The van der Waals surface area contributed by atoms with Gasteiger partial charge in [0, 0.05) is 26.6 Å². The largest absolute Gasteiger partial charge is 0.494 e. The second-order valence-electron chi connectivity index (χ2n) is 5.45. The van der Waals surface area contributed by atoms with Crippen molar-refractivity contribution >= 4 is 23.2 Å². The number of rotatable bonds is 9. The number of hydrogen-bond donors (Lipinski definition) is 1. The Balaban J connectivity index is 1.58. The Morgan fingerprint density at radius 2 is 2.00 bits per heavy atom. The minimum Gasteiger partial charge on any atom is -0.494 e. The van der Waals surface area contributed by atoms with Crippen molar-refractivity contribution in [2.45, 2.75) is 12.8 Å². The molecule has 2 amide bonds. The highest BCUT2D eigenvalue weighted by atomic mass is 32.1. The zero-order valence-electron chi connectivity index (χ0n) is 14.0. The highest BCUT2D eigenvalue weighted by molar-refractivity contribution is 7.12. The van der Waals surface area contributed by atoms with Crippen molar-refractivity contribution in [2.75, 3.05) is 26.7 Å². The molecule has 0 aliphatic carbocycles. The first-order valence-electron chi connectivity index (χ1n) is 8.00. The third kappa shape index (κ3) is 6.54. The van der Waals surface area contributed by atoms with Crippen LogP contribution in [0.15, 0.2) is 41.8 Å². The van der Waals surface area contributed by atoms with E-state index < -0.39 is 0 Å². The number of halogens is 1. The van der Waals surface area contributed by atoms with E-state index >= 15 is 0 Å². The molecule has 0 spiro atoms. The summed E-state index contributed by atoms with van der Waals surface area (Å²) in [7, 11) is 1.72. The number of thiophene rings is 1. The van der Waals surface area contributed by atoms with E-state index in [1.165, 1.54) is 23.5 Å². The molecular formula is C18H21FN2O3S. The van der Waals surface area contributed by atoms with Crippen molar-refractivity contribution in [2.24, 2.45) is 0 Å². The standard InChI is InChI=1S/C18H21FN2O3S/c1-21(11-3-12-24-15-7-5-14(19)6-8-15)17(22)9-10-20-18(23)16-4-2-13-25-16/h2,4-8,13H,3,9-12H2,1H3,(H,20,23). The first-order valence-corrected chi connectivity index (χ1v) is 8.88. The Morgan fingerprint density at radius 3 is 2.68 bits per heavy atom. The number of ether oxygens (including phenoxy) is 1. The van der Waals surface area contributed by atoms with Crippen molar-refractivity contribution in [3.05, 3.63) is 52.5 Å². The molecule has 1 N–H and O–H groups in total. The van der Waals surface area contributed by atoms with Crippen LogP contribution in [0.2, 0.25) is 0 Å². The molecule has 0 saturated carbocycles. The lowest BCUT2D eigenvalue weighted by atomic mass is 10.3. The first-order chi connectivity index (χ1) is 12.1. The van der Waals surface area contributed by atoms with Crippen molar-refractivity contribution in [1.82, 2.24) is 10.2 Å². The number of nitrogens with zero attached hydrogens (tertiary/aromatic N) is 1. The summed E-state index contributed by atoms with van der Waals surface area (Å²) in [5.41, 5.74) is 0. The van der Waals surface area contributed by atoms with Gasteiger partial charge in [0.25, 0.3) is 5.91 Å². The number of benzene rings is 1. The topological polar surface area (TPSA) is 58.6 Å². The van der Waals surface area contributed by atoms with Crippen LogP contribution in [0.1, 0.15) is 22.5 Å². The zero-order valence-corrected chi connectivity index (χ0v) is 14.9. The average Bonchev–Trinajstić information content (AvgIpc) is 3.14. The smallest absolute Gasteiger partial charge is 0.261 e. The van der Waals surface area contributed by atoms with Crippen LogP contribution in [0.25, 0.3) is 0 Å². The minimum absolute atomic E-state index is 0.0340. The van der Waals surface area contributed by atoms with Gasteiger partial charge in [-0.15, -0.1) is 11.3 Å². The fraction of sp³-hybridized carbons (Fsp3) is 0.333. The molecule has 0 atom stereocenters. The normalized spacial score (nSPS) is 10.3. The third-order valence-electron chi connectivity index (χ3n) is 3.52. The minimum atomic E-state index is -0.302. The fourth-order valence-electron chi connectivity index (χ4n) is 2.12. The van der Waals surface area contributed by atoms with E-state index in [1.807, 2.05) is 11.4 Å². The van der Waals surface area contributed by atoms with Crippen LogP contribution in [0, 0.1) is 5.82 Å². The molecule has 5 nitrogen and oxygen atoms in total. The van der Waals surface area contributed by atoms with E-state index in [0.717, 1.165) is 0 Å². The lowest BCUT2D eigenvalue weighted by Crippen LogP contribution is -2.32. The molecule has 0 aliphatic heterocycles. The molecular weight excluding hydrogens is 343 g/mol. The van der Waals surface area contributed by atoms with Gasteiger partial charge in [-0.05, 0) is 42.1 Å². The van der Waals surface area contributed by atoms with Gasteiger partial charge in [0.1, 0.15) is 11.6 Å². The van der Waals surface area contributed by atoms with Gasteiger partial charge in [-0.3, -0.25) is 9.59 Å². The molecule has 0 unspecified atom stereocenters. The van der Waals surface area contributed by atoms with Crippen LogP contribution < -0.4 is 10.1 Å². The average molecular weight is 364 g/mol. The van der Waals surface area contributed by atoms with Crippen LogP contribution in [0.4, 0.5) is 4.39 Å². The maximum Gasteiger partial charge on any atom is 0.261 e. The van der Waals surface area contributed by atoms with E-state index in [2.05, 4.69) is 5.32 Å². The summed E-state index contributed by atoms with van der Waals surface area (Å²) < 4.78 is 18.3. The predicted octanol–water partition coefficient (Wildman–Crippen LogP) is 2.93. The number of amides is 2. The molecule has 7 heteroatoms. The molecule has 1 heterocycles. The molecule has 1 aromatic heterocycles. The zero-order chi connectivity index (χ0) is 18.1. The highest BCUT2D eigenvalue weighted by Gasteiger charge is 2.10. The van der Waals surface area contributed by atoms with Gasteiger partial charge < -0.3 is 15.0 Å². The quantitative estimate of drug-likeness (QED) is 0.696. The van der Waals surface area contributed by atoms with Crippen molar-refractivity contribution in [3.63, 3.8) is 0 Å². The lowest BCUT2D eigenvalue weighted by molar-refractivity contribution is -0.129. The number of carbonyl (C=O) groups excluding carboxylic acids is 2. The van der Waals surface area contributed by atoms with Gasteiger partial charge in [-0.2, -0.15) is 0 Å². The molecule has 134 valence electrons. The molecule has 0 aliphatic rings. The SMILES string of the molecule is CN(CCCOc1ccc(F)cc1)C(=O)CCNC(=O)c1cccs1. The Morgan fingerprint density at radius 1 is 1.24 bits per heavy atom. The van der Waals surface area contributed by atoms with Crippen LogP contribution in [0.3, 0.4) is 0 Å². The monoisotopic (exact) mass is 364 g/mol. The Hall–Kier alpha value is -2.41. The van der Waals surface area contributed by atoms with Crippen molar-refractivity contribution in [1.29, 1.82) is 0 Å². The summed E-state index contributed by atoms with van der Waals surface area (Å²) in [5.74, 6) is 0.113. The van der Waals surface area contributed by atoms with Gasteiger partial charge in [-0.1, -0.05) is 6.07 Å². The van der Waals surface area contributed by atoms with Gasteiger partial charge in [0.05, 0.1) is 11.5 Å². The van der Waals surface area contributed by atoms with Gasteiger partial charge >= 0.3 is 0 Å². The summed E-state index contributed by atoms with van der Waals surface area (Å²) in [5, 5.41) is 4.57. The highest BCUT2D eigenvalue weighted by Crippen LogP contribution is 2.11. The van der Waals surface area contributed by atoms with Crippen LogP contribution in [-0.2, 0) is 4.79 Å². The molecule has 0 saturated heterocycles. The summed E-state index contributed by atoms with van der Waals surface area (Å²) in [6.45, 7) is 1.31. The Labute approximate surface area is 150 Å². The summed E-state index contributed by atoms with van der Waals surface area (Å²) in [4.78, 5) is 26.0. The molecule has 2 aromatic rings. The van der Waals surface area contributed by atoms with Crippen molar-refractivity contribution < 1.29 is 18.7 Å².